The molecule has 3 heterocycles. The second-order valence-electron chi connectivity index (χ2n) is 3.93. The van der Waals surface area contributed by atoms with E-state index < -0.39 is 0 Å². The van der Waals surface area contributed by atoms with Crippen molar-refractivity contribution >= 4 is 0 Å². The van der Waals surface area contributed by atoms with E-state index in [1.165, 1.54) is 6.07 Å². The highest BCUT2D eigenvalue weighted by Gasteiger charge is 2.06. The van der Waals surface area contributed by atoms with Gasteiger partial charge in [0.25, 0.3) is 5.56 Å². The Morgan fingerprint density at radius 2 is 1.79 bits per heavy atom. The van der Waals surface area contributed by atoms with Gasteiger partial charge in [-0.3, -0.25) is 14.8 Å². The summed E-state index contributed by atoms with van der Waals surface area (Å²) in [4.78, 5) is 27.0. The average Bonchev–Trinajstić information content (AvgIpc) is 2.48. The Labute approximate surface area is 109 Å². The number of rotatable bonds is 2. The zero-order chi connectivity index (χ0) is 13.1. The Morgan fingerprint density at radius 3 is 2.53 bits per heavy atom. The molecule has 5 heteroatoms. The number of pyridine rings is 2. The van der Waals surface area contributed by atoms with E-state index in [0.29, 0.717) is 17.2 Å². The molecule has 19 heavy (non-hydrogen) atoms. The maximum atomic E-state index is 11.7. The minimum absolute atomic E-state index is 0.206. The summed E-state index contributed by atoms with van der Waals surface area (Å²) in [6.45, 7) is 0. The van der Waals surface area contributed by atoms with Gasteiger partial charge in [0, 0.05) is 30.2 Å². The van der Waals surface area contributed by atoms with Crippen LogP contribution >= 0.6 is 0 Å². The molecule has 0 saturated heterocycles. The van der Waals surface area contributed by atoms with Gasteiger partial charge in [0.05, 0.1) is 11.4 Å². The molecule has 0 aliphatic carbocycles. The van der Waals surface area contributed by atoms with Crippen molar-refractivity contribution in [3.8, 4) is 22.8 Å². The quantitative estimate of drug-likeness (QED) is 0.754. The Balaban J connectivity index is 2.15. The predicted octanol–water partition coefficient (Wildman–Crippen LogP) is 1.89. The third kappa shape index (κ3) is 2.40. The van der Waals surface area contributed by atoms with Crippen molar-refractivity contribution in [2.75, 3.05) is 0 Å². The Morgan fingerprint density at radius 1 is 0.947 bits per heavy atom. The molecule has 0 aliphatic heterocycles. The van der Waals surface area contributed by atoms with E-state index in [0.717, 1.165) is 5.56 Å². The Kier molecular flexibility index (Phi) is 2.86. The number of nitrogens with zero attached hydrogens (tertiary/aromatic N) is 3. The van der Waals surface area contributed by atoms with Crippen LogP contribution in [0.3, 0.4) is 0 Å². The average molecular weight is 250 g/mol. The Hall–Kier alpha value is -2.82. The van der Waals surface area contributed by atoms with Crippen molar-refractivity contribution < 1.29 is 0 Å². The van der Waals surface area contributed by atoms with Gasteiger partial charge in [0.2, 0.25) is 0 Å². The smallest absolute Gasteiger partial charge is 0.251 e. The molecule has 0 unspecified atom stereocenters. The molecule has 0 spiro atoms. The third-order valence-electron chi connectivity index (χ3n) is 2.62. The molecule has 3 rings (SSSR count). The topological polar surface area (TPSA) is 71.5 Å². The molecule has 0 amide bonds. The van der Waals surface area contributed by atoms with Gasteiger partial charge >= 0.3 is 0 Å². The molecule has 0 fully saturated rings. The van der Waals surface area contributed by atoms with Gasteiger partial charge in [0.15, 0.2) is 0 Å². The lowest BCUT2D eigenvalue weighted by molar-refractivity contribution is 1.11. The summed E-state index contributed by atoms with van der Waals surface area (Å²) < 4.78 is 0. The van der Waals surface area contributed by atoms with Gasteiger partial charge in [-0.25, -0.2) is 4.98 Å². The summed E-state index contributed by atoms with van der Waals surface area (Å²) >= 11 is 0. The van der Waals surface area contributed by atoms with E-state index in [9.17, 15) is 4.79 Å². The minimum atomic E-state index is -0.206. The van der Waals surface area contributed by atoms with E-state index in [4.69, 9.17) is 0 Å². The first-order valence-corrected chi connectivity index (χ1v) is 5.76. The largest absolute Gasteiger partial charge is 0.306 e. The van der Waals surface area contributed by atoms with E-state index in [-0.39, 0.29) is 5.56 Å². The van der Waals surface area contributed by atoms with Crippen LogP contribution < -0.4 is 5.56 Å². The number of hydrogen-bond acceptors (Lipinski definition) is 4. The molecular formula is C14H10N4O. The van der Waals surface area contributed by atoms with Crippen molar-refractivity contribution in [1.29, 1.82) is 0 Å². The SMILES string of the molecule is O=c1cc(-c2ccccn2)nc(-c2ccncc2)[nH]1. The second-order valence-corrected chi connectivity index (χ2v) is 3.93. The second kappa shape index (κ2) is 4.81. The molecule has 1 N–H and O–H groups in total. The van der Waals surface area contributed by atoms with Crippen LogP contribution in [0, 0.1) is 0 Å². The minimum Gasteiger partial charge on any atom is -0.306 e. The molecule has 0 aliphatic rings. The van der Waals surface area contributed by atoms with Gasteiger partial charge < -0.3 is 4.98 Å². The highest BCUT2D eigenvalue weighted by Crippen LogP contribution is 2.16. The molecule has 0 atom stereocenters. The molecule has 0 aromatic carbocycles. The van der Waals surface area contributed by atoms with Gasteiger partial charge in [-0.05, 0) is 24.3 Å². The van der Waals surface area contributed by atoms with Crippen LogP contribution in [0.5, 0.6) is 0 Å². The van der Waals surface area contributed by atoms with Gasteiger partial charge in [0.1, 0.15) is 5.82 Å². The molecule has 92 valence electrons. The first kappa shape index (κ1) is 11.3. The van der Waals surface area contributed by atoms with Crippen LogP contribution in [0.25, 0.3) is 22.8 Å². The monoisotopic (exact) mass is 250 g/mol. The zero-order valence-corrected chi connectivity index (χ0v) is 9.95. The van der Waals surface area contributed by atoms with Crippen LogP contribution in [0.2, 0.25) is 0 Å². The lowest BCUT2D eigenvalue weighted by atomic mass is 10.2. The van der Waals surface area contributed by atoms with Gasteiger partial charge in [-0.15, -0.1) is 0 Å². The number of aromatic nitrogens is 4. The van der Waals surface area contributed by atoms with Gasteiger partial charge in [-0.1, -0.05) is 6.07 Å². The number of H-pyrrole nitrogens is 1. The zero-order valence-electron chi connectivity index (χ0n) is 9.95. The fourth-order valence-electron chi connectivity index (χ4n) is 1.75. The first-order chi connectivity index (χ1) is 9.33. The maximum absolute atomic E-state index is 11.7. The van der Waals surface area contributed by atoms with E-state index >= 15 is 0 Å². The number of aromatic amines is 1. The number of hydrogen-bond donors (Lipinski definition) is 1. The summed E-state index contributed by atoms with van der Waals surface area (Å²) in [7, 11) is 0. The van der Waals surface area contributed by atoms with Crippen LogP contribution in [0.15, 0.2) is 59.8 Å². The lowest BCUT2D eigenvalue weighted by Crippen LogP contribution is -2.08. The molecule has 0 saturated carbocycles. The Bertz CT molecular complexity index is 677. The third-order valence-corrected chi connectivity index (χ3v) is 2.62. The number of nitrogens with one attached hydrogen (secondary N) is 1. The van der Waals surface area contributed by atoms with Crippen molar-refractivity contribution in [1.82, 2.24) is 19.9 Å². The van der Waals surface area contributed by atoms with Crippen LogP contribution in [0.4, 0.5) is 0 Å². The van der Waals surface area contributed by atoms with E-state index in [1.54, 1.807) is 30.7 Å². The fourth-order valence-corrected chi connectivity index (χ4v) is 1.75. The fraction of sp³-hybridized carbons (Fsp3) is 0. The molecule has 3 aromatic rings. The van der Waals surface area contributed by atoms with Crippen LogP contribution in [-0.2, 0) is 0 Å². The van der Waals surface area contributed by atoms with Crippen molar-refractivity contribution in [2.45, 2.75) is 0 Å². The summed E-state index contributed by atoms with van der Waals surface area (Å²) in [6.07, 6.45) is 4.98. The van der Waals surface area contributed by atoms with E-state index in [1.807, 2.05) is 18.2 Å². The highest BCUT2D eigenvalue weighted by atomic mass is 16.1. The van der Waals surface area contributed by atoms with Crippen molar-refractivity contribution in [3.63, 3.8) is 0 Å². The summed E-state index contributed by atoms with van der Waals surface area (Å²) in [5, 5.41) is 0. The van der Waals surface area contributed by atoms with Crippen molar-refractivity contribution in [3.05, 3.63) is 65.3 Å². The summed E-state index contributed by atoms with van der Waals surface area (Å²) in [5.74, 6) is 0.510. The van der Waals surface area contributed by atoms with E-state index in [2.05, 4.69) is 19.9 Å². The lowest BCUT2D eigenvalue weighted by Gasteiger charge is -2.03. The molecule has 3 aromatic heterocycles. The van der Waals surface area contributed by atoms with Crippen LogP contribution in [0.1, 0.15) is 0 Å². The van der Waals surface area contributed by atoms with Crippen molar-refractivity contribution in [2.24, 2.45) is 0 Å². The first-order valence-electron chi connectivity index (χ1n) is 5.76. The molecular weight excluding hydrogens is 240 g/mol. The molecule has 0 radical (unpaired) electrons. The molecule has 5 nitrogen and oxygen atoms in total. The standard InChI is InChI=1S/C14H10N4O/c19-13-9-12(11-3-1-2-6-16-11)17-14(18-13)10-4-7-15-8-5-10/h1-9H,(H,17,18,19). The summed E-state index contributed by atoms with van der Waals surface area (Å²) in [6, 6.07) is 10.5. The van der Waals surface area contributed by atoms with Gasteiger partial charge in [-0.2, -0.15) is 0 Å². The highest BCUT2D eigenvalue weighted by molar-refractivity contribution is 5.60. The predicted molar refractivity (Wildman–Crippen MR) is 71.3 cm³/mol. The molecule has 0 bridgehead atoms. The normalized spacial score (nSPS) is 10.3. The summed E-state index contributed by atoms with van der Waals surface area (Å²) in [5.41, 5.74) is 1.83. The maximum Gasteiger partial charge on any atom is 0.251 e. The van der Waals surface area contributed by atoms with Crippen LogP contribution in [-0.4, -0.2) is 19.9 Å².